The fourth-order valence-electron chi connectivity index (χ4n) is 1.52. The Morgan fingerprint density at radius 2 is 1.83 bits per heavy atom. The molecule has 2 aromatic carbocycles. The molecule has 0 heterocycles. The van der Waals surface area contributed by atoms with Crippen LogP contribution >= 0.6 is 0 Å². The first-order chi connectivity index (χ1) is 8.79. The van der Waals surface area contributed by atoms with Crippen LogP contribution in [0.5, 0.6) is 5.75 Å². The first-order valence-corrected chi connectivity index (χ1v) is 5.81. The van der Waals surface area contributed by atoms with E-state index in [4.69, 9.17) is 4.74 Å². The number of aliphatic imine (C=N–C) groups is 1. The van der Waals surface area contributed by atoms with Gasteiger partial charge in [-0.25, -0.2) is 4.39 Å². The van der Waals surface area contributed by atoms with E-state index in [1.165, 1.54) is 12.3 Å². The SMILES string of the molecule is CCOc1ccc(N=Cc2ccccc2F)cc1. The van der Waals surface area contributed by atoms with Gasteiger partial charge in [0.1, 0.15) is 11.6 Å². The van der Waals surface area contributed by atoms with Crippen LogP contribution in [0.25, 0.3) is 0 Å². The molecule has 0 fully saturated rings. The summed E-state index contributed by atoms with van der Waals surface area (Å²) in [6.07, 6.45) is 1.52. The average molecular weight is 243 g/mol. The molecule has 0 radical (unpaired) electrons. The number of hydrogen-bond acceptors (Lipinski definition) is 2. The predicted molar refractivity (Wildman–Crippen MR) is 71.3 cm³/mol. The molecule has 0 aliphatic heterocycles. The highest BCUT2D eigenvalue weighted by Gasteiger charge is 1.96. The topological polar surface area (TPSA) is 21.6 Å². The highest BCUT2D eigenvalue weighted by Crippen LogP contribution is 2.18. The van der Waals surface area contributed by atoms with Gasteiger partial charge in [-0.2, -0.15) is 0 Å². The van der Waals surface area contributed by atoms with Gasteiger partial charge in [0, 0.05) is 11.8 Å². The molecule has 0 spiro atoms. The molecule has 0 bridgehead atoms. The van der Waals surface area contributed by atoms with Gasteiger partial charge < -0.3 is 4.74 Å². The van der Waals surface area contributed by atoms with Gasteiger partial charge in [-0.05, 0) is 37.3 Å². The first kappa shape index (κ1) is 12.3. The molecule has 0 aromatic heterocycles. The Morgan fingerprint density at radius 1 is 1.11 bits per heavy atom. The van der Waals surface area contributed by atoms with Gasteiger partial charge in [-0.15, -0.1) is 0 Å². The van der Waals surface area contributed by atoms with E-state index in [0.29, 0.717) is 12.2 Å². The van der Waals surface area contributed by atoms with Crippen molar-refractivity contribution in [3.8, 4) is 5.75 Å². The van der Waals surface area contributed by atoms with Crippen molar-refractivity contribution < 1.29 is 9.13 Å². The summed E-state index contributed by atoms with van der Waals surface area (Å²) in [5.74, 6) is 0.537. The van der Waals surface area contributed by atoms with Crippen LogP contribution in [-0.4, -0.2) is 12.8 Å². The molecule has 3 heteroatoms. The zero-order chi connectivity index (χ0) is 12.8. The van der Waals surface area contributed by atoms with Crippen LogP contribution in [0.15, 0.2) is 53.5 Å². The van der Waals surface area contributed by atoms with E-state index in [9.17, 15) is 4.39 Å². The summed E-state index contributed by atoms with van der Waals surface area (Å²) in [5.41, 5.74) is 1.24. The lowest BCUT2D eigenvalue weighted by Gasteiger charge is -2.02. The summed E-state index contributed by atoms with van der Waals surface area (Å²) >= 11 is 0. The molecule has 2 nitrogen and oxygen atoms in total. The summed E-state index contributed by atoms with van der Waals surface area (Å²) in [7, 11) is 0. The maximum absolute atomic E-state index is 13.3. The summed E-state index contributed by atoms with van der Waals surface area (Å²) < 4.78 is 18.7. The van der Waals surface area contributed by atoms with E-state index in [1.54, 1.807) is 18.2 Å². The lowest BCUT2D eigenvalue weighted by molar-refractivity contribution is 0.340. The van der Waals surface area contributed by atoms with Gasteiger partial charge in [0.25, 0.3) is 0 Å². The molecule has 2 aromatic rings. The van der Waals surface area contributed by atoms with Crippen molar-refractivity contribution >= 4 is 11.9 Å². The highest BCUT2D eigenvalue weighted by atomic mass is 19.1. The number of ether oxygens (including phenoxy) is 1. The van der Waals surface area contributed by atoms with Crippen molar-refractivity contribution in [3.05, 3.63) is 59.9 Å². The number of benzene rings is 2. The summed E-state index contributed by atoms with van der Waals surface area (Å²) in [6.45, 7) is 2.57. The molecule has 18 heavy (non-hydrogen) atoms. The minimum absolute atomic E-state index is 0.271. The van der Waals surface area contributed by atoms with Gasteiger partial charge >= 0.3 is 0 Å². The van der Waals surface area contributed by atoms with E-state index < -0.39 is 0 Å². The van der Waals surface area contributed by atoms with Crippen molar-refractivity contribution in [2.75, 3.05) is 6.61 Å². The molecule has 0 saturated heterocycles. The van der Waals surface area contributed by atoms with E-state index in [2.05, 4.69) is 4.99 Å². The Balaban J connectivity index is 2.12. The second kappa shape index (κ2) is 5.96. The molecule has 92 valence electrons. The van der Waals surface area contributed by atoms with Crippen LogP contribution in [0.3, 0.4) is 0 Å². The maximum Gasteiger partial charge on any atom is 0.131 e. The molecular weight excluding hydrogens is 229 g/mol. The Hall–Kier alpha value is -2.16. The van der Waals surface area contributed by atoms with Crippen LogP contribution in [0.1, 0.15) is 12.5 Å². The largest absolute Gasteiger partial charge is 0.494 e. The van der Waals surface area contributed by atoms with Crippen LogP contribution in [0, 0.1) is 5.82 Å². The molecule has 0 atom stereocenters. The lowest BCUT2D eigenvalue weighted by Crippen LogP contribution is -1.90. The van der Waals surface area contributed by atoms with Crippen LogP contribution in [-0.2, 0) is 0 Å². The fraction of sp³-hybridized carbons (Fsp3) is 0.133. The Bertz CT molecular complexity index is 534. The van der Waals surface area contributed by atoms with E-state index in [-0.39, 0.29) is 5.82 Å². The number of rotatable bonds is 4. The molecular formula is C15H14FNO. The van der Waals surface area contributed by atoms with E-state index in [0.717, 1.165) is 11.4 Å². The van der Waals surface area contributed by atoms with Crippen molar-refractivity contribution in [2.24, 2.45) is 4.99 Å². The summed E-state index contributed by atoms with van der Waals surface area (Å²) in [4.78, 5) is 4.22. The Labute approximate surface area is 106 Å². The molecule has 0 amide bonds. The minimum atomic E-state index is -0.271. The maximum atomic E-state index is 13.3. The van der Waals surface area contributed by atoms with Gasteiger partial charge in [-0.1, -0.05) is 18.2 Å². The molecule has 0 aliphatic carbocycles. The molecule has 2 rings (SSSR count). The zero-order valence-electron chi connectivity index (χ0n) is 10.1. The fourth-order valence-corrected chi connectivity index (χ4v) is 1.52. The molecule has 0 N–H and O–H groups in total. The van der Waals surface area contributed by atoms with Crippen LogP contribution < -0.4 is 4.74 Å². The highest BCUT2D eigenvalue weighted by molar-refractivity contribution is 5.82. The monoisotopic (exact) mass is 243 g/mol. The first-order valence-electron chi connectivity index (χ1n) is 5.81. The molecule has 0 unspecified atom stereocenters. The zero-order valence-corrected chi connectivity index (χ0v) is 10.1. The molecule has 0 saturated carbocycles. The van der Waals surface area contributed by atoms with Gasteiger partial charge in [-0.3, -0.25) is 4.99 Å². The van der Waals surface area contributed by atoms with E-state index in [1.807, 2.05) is 31.2 Å². The van der Waals surface area contributed by atoms with E-state index >= 15 is 0 Å². The third kappa shape index (κ3) is 3.17. The van der Waals surface area contributed by atoms with Crippen molar-refractivity contribution in [2.45, 2.75) is 6.92 Å². The smallest absolute Gasteiger partial charge is 0.131 e. The standard InChI is InChI=1S/C15H14FNO/c1-2-18-14-9-7-13(8-10-14)17-11-12-5-3-4-6-15(12)16/h3-11H,2H2,1H3. The third-order valence-electron chi connectivity index (χ3n) is 2.41. The normalized spacial score (nSPS) is 10.8. The van der Waals surface area contributed by atoms with Crippen molar-refractivity contribution in [1.29, 1.82) is 0 Å². The lowest BCUT2D eigenvalue weighted by atomic mass is 10.2. The van der Waals surface area contributed by atoms with Crippen LogP contribution in [0.4, 0.5) is 10.1 Å². The summed E-state index contributed by atoms with van der Waals surface area (Å²) in [6, 6.07) is 13.9. The van der Waals surface area contributed by atoms with Crippen molar-refractivity contribution in [1.82, 2.24) is 0 Å². The van der Waals surface area contributed by atoms with Gasteiger partial charge in [0.05, 0.1) is 12.3 Å². The molecule has 0 aliphatic rings. The quantitative estimate of drug-likeness (QED) is 0.744. The number of hydrogen-bond donors (Lipinski definition) is 0. The second-order valence-electron chi connectivity index (χ2n) is 3.71. The number of halogens is 1. The van der Waals surface area contributed by atoms with Crippen molar-refractivity contribution in [3.63, 3.8) is 0 Å². The average Bonchev–Trinajstić information content (AvgIpc) is 2.40. The minimum Gasteiger partial charge on any atom is -0.494 e. The predicted octanol–water partition coefficient (Wildman–Crippen LogP) is 3.98. The van der Waals surface area contributed by atoms with Gasteiger partial charge in [0.2, 0.25) is 0 Å². The number of nitrogens with zero attached hydrogens (tertiary/aromatic N) is 1. The summed E-state index contributed by atoms with van der Waals surface area (Å²) in [5, 5.41) is 0. The second-order valence-corrected chi connectivity index (χ2v) is 3.71. The Morgan fingerprint density at radius 3 is 2.50 bits per heavy atom. The van der Waals surface area contributed by atoms with Crippen LogP contribution in [0.2, 0.25) is 0 Å². The third-order valence-corrected chi connectivity index (χ3v) is 2.41. The van der Waals surface area contributed by atoms with Gasteiger partial charge in [0.15, 0.2) is 0 Å². The Kier molecular flexibility index (Phi) is 4.07.